The number of anilines is 1. The summed E-state index contributed by atoms with van der Waals surface area (Å²) in [5.41, 5.74) is 2.14. The molecule has 0 bridgehead atoms. The fourth-order valence-corrected chi connectivity index (χ4v) is 3.66. The third kappa shape index (κ3) is 5.63. The molecule has 0 saturated carbocycles. The summed E-state index contributed by atoms with van der Waals surface area (Å²) in [4.78, 5) is 12.2. The van der Waals surface area contributed by atoms with Gasteiger partial charge in [-0.3, -0.25) is 4.79 Å². The number of aromatic nitrogens is 3. The molecule has 0 radical (unpaired) electrons. The predicted molar refractivity (Wildman–Crippen MR) is 121 cm³/mol. The molecule has 0 fully saturated rings. The lowest BCUT2D eigenvalue weighted by Crippen LogP contribution is -2.14. The van der Waals surface area contributed by atoms with Gasteiger partial charge >= 0.3 is 0 Å². The second-order valence-electron chi connectivity index (χ2n) is 8.14. The zero-order valence-electron chi connectivity index (χ0n) is 18.0. The van der Waals surface area contributed by atoms with E-state index in [1.54, 1.807) is 0 Å². The zero-order valence-corrected chi connectivity index (χ0v) is 18.9. The second kappa shape index (κ2) is 9.34. The highest BCUT2D eigenvalue weighted by Gasteiger charge is 2.19. The standard InChI is InChI=1S/C23H28N4O2S/c1-16(29-19-13-11-17(12-14-19)23(2,3)4)21-25-26-22(27(21)5)30-15-20(28)24-18-9-7-6-8-10-18/h6-14,16H,15H2,1-5H3,(H,24,28). The summed E-state index contributed by atoms with van der Waals surface area (Å²) < 4.78 is 7.92. The van der Waals surface area contributed by atoms with Crippen molar-refractivity contribution >= 4 is 23.4 Å². The van der Waals surface area contributed by atoms with Crippen LogP contribution in [0, 0.1) is 0 Å². The number of carbonyl (C=O) groups is 1. The van der Waals surface area contributed by atoms with Crippen molar-refractivity contribution in [1.29, 1.82) is 0 Å². The van der Waals surface area contributed by atoms with E-state index in [-0.39, 0.29) is 23.2 Å². The number of nitrogens with one attached hydrogen (secondary N) is 1. The Morgan fingerprint density at radius 1 is 1.10 bits per heavy atom. The van der Waals surface area contributed by atoms with Crippen LogP contribution in [-0.4, -0.2) is 26.4 Å². The minimum Gasteiger partial charge on any atom is -0.483 e. The van der Waals surface area contributed by atoms with Crippen LogP contribution in [0.1, 0.15) is 45.2 Å². The van der Waals surface area contributed by atoms with Crippen molar-refractivity contribution in [1.82, 2.24) is 14.8 Å². The van der Waals surface area contributed by atoms with E-state index in [0.29, 0.717) is 11.0 Å². The molecule has 1 atom stereocenters. The van der Waals surface area contributed by atoms with Crippen LogP contribution in [0.15, 0.2) is 59.8 Å². The molecule has 3 aromatic rings. The van der Waals surface area contributed by atoms with E-state index in [1.807, 2.05) is 61.0 Å². The van der Waals surface area contributed by atoms with Gasteiger partial charge in [-0.05, 0) is 42.2 Å². The van der Waals surface area contributed by atoms with E-state index in [0.717, 1.165) is 11.4 Å². The van der Waals surface area contributed by atoms with Gasteiger partial charge in [-0.15, -0.1) is 10.2 Å². The maximum absolute atomic E-state index is 12.2. The maximum atomic E-state index is 12.2. The molecule has 0 aliphatic carbocycles. The van der Waals surface area contributed by atoms with Gasteiger partial charge in [0.25, 0.3) is 0 Å². The molecular formula is C23H28N4O2S. The average Bonchev–Trinajstić information content (AvgIpc) is 3.07. The first-order chi connectivity index (χ1) is 14.2. The van der Waals surface area contributed by atoms with Crippen molar-refractivity contribution in [2.75, 3.05) is 11.1 Å². The Morgan fingerprint density at radius 3 is 2.40 bits per heavy atom. The van der Waals surface area contributed by atoms with E-state index < -0.39 is 0 Å². The molecule has 7 heteroatoms. The molecule has 3 rings (SSSR count). The van der Waals surface area contributed by atoms with Crippen molar-refractivity contribution in [2.45, 2.75) is 44.4 Å². The van der Waals surface area contributed by atoms with E-state index in [1.165, 1.54) is 17.3 Å². The minimum absolute atomic E-state index is 0.0843. The van der Waals surface area contributed by atoms with E-state index in [4.69, 9.17) is 4.74 Å². The van der Waals surface area contributed by atoms with Crippen LogP contribution in [0.5, 0.6) is 5.75 Å². The second-order valence-corrected chi connectivity index (χ2v) is 9.08. The molecule has 1 heterocycles. The van der Waals surface area contributed by atoms with Crippen molar-refractivity contribution in [3.05, 3.63) is 66.0 Å². The minimum atomic E-state index is -0.268. The van der Waals surface area contributed by atoms with Gasteiger partial charge in [0.15, 0.2) is 17.1 Å². The lowest BCUT2D eigenvalue weighted by Gasteiger charge is -2.20. The molecule has 1 amide bonds. The summed E-state index contributed by atoms with van der Waals surface area (Å²) in [6, 6.07) is 17.5. The quantitative estimate of drug-likeness (QED) is 0.542. The molecule has 158 valence electrons. The normalized spacial score (nSPS) is 12.4. The van der Waals surface area contributed by atoms with Crippen LogP contribution in [0.3, 0.4) is 0 Å². The number of nitrogens with zero attached hydrogens (tertiary/aromatic N) is 3. The largest absolute Gasteiger partial charge is 0.483 e. The van der Waals surface area contributed by atoms with Crippen molar-refractivity contribution in [3.63, 3.8) is 0 Å². The fraction of sp³-hybridized carbons (Fsp3) is 0.348. The van der Waals surface area contributed by atoms with Crippen LogP contribution in [-0.2, 0) is 17.3 Å². The SMILES string of the molecule is CC(Oc1ccc(C(C)(C)C)cc1)c1nnc(SCC(=O)Nc2ccccc2)n1C. The van der Waals surface area contributed by atoms with Crippen LogP contribution in [0.25, 0.3) is 0 Å². The van der Waals surface area contributed by atoms with Crippen molar-refractivity contribution < 1.29 is 9.53 Å². The molecule has 2 aromatic carbocycles. The van der Waals surface area contributed by atoms with Crippen molar-refractivity contribution in [2.24, 2.45) is 7.05 Å². The number of rotatable bonds is 7. The summed E-state index contributed by atoms with van der Waals surface area (Å²) >= 11 is 1.35. The predicted octanol–water partition coefficient (Wildman–Crippen LogP) is 4.98. The van der Waals surface area contributed by atoms with E-state index >= 15 is 0 Å². The number of carbonyl (C=O) groups excluding carboxylic acids is 1. The summed E-state index contributed by atoms with van der Waals surface area (Å²) in [5.74, 6) is 1.67. The summed E-state index contributed by atoms with van der Waals surface area (Å²) in [5, 5.41) is 12.0. The summed E-state index contributed by atoms with van der Waals surface area (Å²) in [6.45, 7) is 8.50. The highest BCUT2D eigenvalue weighted by atomic mass is 32.2. The Labute approximate surface area is 182 Å². The van der Waals surface area contributed by atoms with Gasteiger partial charge in [0, 0.05) is 12.7 Å². The highest BCUT2D eigenvalue weighted by molar-refractivity contribution is 7.99. The monoisotopic (exact) mass is 424 g/mol. The number of ether oxygens (including phenoxy) is 1. The third-order valence-corrected chi connectivity index (χ3v) is 5.68. The zero-order chi connectivity index (χ0) is 21.7. The van der Waals surface area contributed by atoms with Gasteiger partial charge in [-0.25, -0.2) is 0 Å². The summed E-state index contributed by atoms with van der Waals surface area (Å²) in [7, 11) is 1.88. The molecule has 0 saturated heterocycles. The van der Waals surface area contributed by atoms with Gasteiger partial charge in [-0.1, -0.05) is 62.9 Å². The fourth-order valence-electron chi connectivity index (χ4n) is 2.94. The van der Waals surface area contributed by atoms with E-state index in [2.05, 4.69) is 48.4 Å². The molecule has 0 aliphatic heterocycles. The smallest absolute Gasteiger partial charge is 0.234 e. The lowest BCUT2D eigenvalue weighted by molar-refractivity contribution is -0.113. The van der Waals surface area contributed by atoms with Gasteiger partial charge < -0.3 is 14.6 Å². The van der Waals surface area contributed by atoms with Gasteiger partial charge in [0.05, 0.1) is 5.75 Å². The molecule has 0 spiro atoms. The van der Waals surface area contributed by atoms with Crippen LogP contribution in [0.2, 0.25) is 0 Å². The first kappa shape index (κ1) is 21.9. The Bertz CT molecular complexity index is 979. The average molecular weight is 425 g/mol. The van der Waals surface area contributed by atoms with Crippen molar-refractivity contribution in [3.8, 4) is 5.75 Å². The van der Waals surface area contributed by atoms with E-state index in [9.17, 15) is 4.79 Å². The summed E-state index contributed by atoms with van der Waals surface area (Å²) in [6.07, 6.45) is -0.268. The first-order valence-corrected chi connectivity index (χ1v) is 10.9. The Balaban J connectivity index is 1.58. The molecule has 6 nitrogen and oxygen atoms in total. The first-order valence-electron chi connectivity index (χ1n) is 9.88. The van der Waals surface area contributed by atoms with Gasteiger partial charge in [-0.2, -0.15) is 0 Å². The van der Waals surface area contributed by atoms with Gasteiger partial charge in [0.2, 0.25) is 5.91 Å². The van der Waals surface area contributed by atoms with Crippen LogP contribution in [0.4, 0.5) is 5.69 Å². The Kier molecular flexibility index (Phi) is 6.82. The number of thioether (sulfide) groups is 1. The Morgan fingerprint density at radius 2 is 1.77 bits per heavy atom. The number of amides is 1. The van der Waals surface area contributed by atoms with Crippen LogP contribution >= 0.6 is 11.8 Å². The Hall–Kier alpha value is -2.80. The number of para-hydroxylation sites is 1. The highest BCUT2D eigenvalue weighted by Crippen LogP contribution is 2.27. The third-order valence-electron chi connectivity index (χ3n) is 4.66. The molecule has 0 aliphatic rings. The topological polar surface area (TPSA) is 69.0 Å². The molecule has 30 heavy (non-hydrogen) atoms. The van der Waals surface area contributed by atoms with Crippen LogP contribution < -0.4 is 10.1 Å². The molecule has 1 N–H and O–H groups in total. The molecular weight excluding hydrogens is 396 g/mol. The number of benzene rings is 2. The lowest BCUT2D eigenvalue weighted by atomic mass is 9.87. The number of hydrogen-bond donors (Lipinski definition) is 1. The number of hydrogen-bond acceptors (Lipinski definition) is 5. The maximum Gasteiger partial charge on any atom is 0.234 e. The van der Waals surface area contributed by atoms with Gasteiger partial charge in [0.1, 0.15) is 5.75 Å². The molecule has 1 aromatic heterocycles. The molecule has 1 unspecified atom stereocenters.